The molecule has 0 saturated carbocycles. The molecule has 0 radical (unpaired) electrons. The molecule has 0 bridgehead atoms. The predicted molar refractivity (Wildman–Crippen MR) is 109 cm³/mol. The van der Waals surface area contributed by atoms with E-state index in [0.29, 0.717) is 36.6 Å². The summed E-state index contributed by atoms with van der Waals surface area (Å²) < 4.78 is 16.8. The smallest absolute Gasteiger partial charge is 0.235 e. The van der Waals surface area contributed by atoms with Gasteiger partial charge in [0, 0.05) is 12.8 Å². The van der Waals surface area contributed by atoms with Crippen molar-refractivity contribution in [3.05, 3.63) is 58.4 Å². The number of carboxylic acid groups (broad SMARTS) is 1. The number of hydrogen-bond acceptors (Lipinski definition) is 7. The van der Waals surface area contributed by atoms with Crippen LogP contribution in [0.1, 0.15) is 25.3 Å². The SMILES string of the molecule is CCOc1ccc(Oc2coc3c(C[NH+]4CCC[C@@H]4C(=O)[O-])c(O)ccc3c2=O)cc1. The Hall–Kier alpha value is -3.52. The number of ether oxygens (including phenoxy) is 2. The molecule has 2 atom stereocenters. The second-order valence-corrected chi connectivity index (χ2v) is 7.47. The van der Waals surface area contributed by atoms with Crippen molar-refractivity contribution in [3.8, 4) is 23.0 Å². The van der Waals surface area contributed by atoms with Gasteiger partial charge in [0.15, 0.2) is 5.58 Å². The molecule has 2 aromatic carbocycles. The van der Waals surface area contributed by atoms with E-state index < -0.39 is 12.0 Å². The summed E-state index contributed by atoms with van der Waals surface area (Å²) in [6, 6.07) is 9.10. The number of aromatic hydroxyl groups is 1. The highest BCUT2D eigenvalue weighted by molar-refractivity contribution is 5.83. The molecule has 8 nitrogen and oxygen atoms in total. The average Bonchev–Trinajstić information content (AvgIpc) is 3.22. The summed E-state index contributed by atoms with van der Waals surface area (Å²) in [6.07, 6.45) is 2.48. The normalized spacial score (nSPS) is 18.2. The molecule has 1 saturated heterocycles. The first-order valence-electron chi connectivity index (χ1n) is 10.2. The molecular weight excluding hydrogens is 402 g/mol. The Morgan fingerprint density at radius 1 is 1.23 bits per heavy atom. The fourth-order valence-corrected chi connectivity index (χ4v) is 4.00. The van der Waals surface area contributed by atoms with Gasteiger partial charge >= 0.3 is 0 Å². The summed E-state index contributed by atoms with van der Waals surface area (Å²) in [5.74, 6) is -0.00584. The Morgan fingerprint density at radius 3 is 2.68 bits per heavy atom. The van der Waals surface area contributed by atoms with Crippen molar-refractivity contribution < 1.29 is 33.8 Å². The molecule has 3 aromatic rings. The molecule has 1 fully saturated rings. The molecule has 1 aliphatic heterocycles. The fourth-order valence-electron chi connectivity index (χ4n) is 4.00. The fraction of sp³-hybridized carbons (Fsp3) is 0.304. The van der Waals surface area contributed by atoms with E-state index in [4.69, 9.17) is 13.9 Å². The van der Waals surface area contributed by atoms with E-state index in [-0.39, 0.29) is 34.4 Å². The Kier molecular flexibility index (Phi) is 5.81. The highest BCUT2D eigenvalue weighted by atomic mass is 16.5. The first-order chi connectivity index (χ1) is 15.0. The van der Waals surface area contributed by atoms with Crippen LogP contribution in [-0.2, 0) is 11.3 Å². The second-order valence-electron chi connectivity index (χ2n) is 7.47. The zero-order valence-corrected chi connectivity index (χ0v) is 17.1. The number of benzene rings is 2. The molecule has 2 N–H and O–H groups in total. The van der Waals surface area contributed by atoms with Crippen LogP contribution in [0.3, 0.4) is 0 Å². The first kappa shape index (κ1) is 20.7. The molecule has 8 heteroatoms. The van der Waals surface area contributed by atoms with Crippen molar-refractivity contribution >= 4 is 16.9 Å². The molecule has 0 spiro atoms. The van der Waals surface area contributed by atoms with Gasteiger partial charge in [-0.2, -0.15) is 0 Å². The van der Waals surface area contributed by atoms with E-state index in [1.807, 2.05) is 6.92 Å². The lowest BCUT2D eigenvalue weighted by atomic mass is 10.1. The van der Waals surface area contributed by atoms with Gasteiger partial charge in [0.2, 0.25) is 11.2 Å². The zero-order chi connectivity index (χ0) is 22.0. The van der Waals surface area contributed by atoms with Crippen LogP contribution < -0.4 is 24.9 Å². The van der Waals surface area contributed by atoms with Gasteiger partial charge in [0.25, 0.3) is 0 Å². The van der Waals surface area contributed by atoms with Crippen LogP contribution in [0.2, 0.25) is 0 Å². The number of likely N-dealkylation sites (tertiary alicyclic amines) is 1. The summed E-state index contributed by atoms with van der Waals surface area (Å²) in [5.41, 5.74) is 0.232. The Morgan fingerprint density at radius 2 is 1.97 bits per heavy atom. The average molecular weight is 425 g/mol. The van der Waals surface area contributed by atoms with Crippen molar-refractivity contribution in [3.63, 3.8) is 0 Å². The minimum atomic E-state index is -1.11. The molecule has 1 aromatic heterocycles. The lowest BCUT2D eigenvalue weighted by Gasteiger charge is -2.22. The number of carboxylic acids is 1. The third-order valence-electron chi connectivity index (χ3n) is 5.52. The largest absolute Gasteiger partial charge is 0.544 e. The summed E-state index contributed by atoms with van der Waals surface area (Å²) in [4.78, 5) is 25.1. The monoisotopic (exact) mass is 425 g/mol. The molecular formula is C23H23NO7. The van der Waals surface area contributed by atoms with Crippen LogP contribution in [0, 0.1) is 0 Å². The van der Waals surface area contributed by atoms with Crippen molar-refractivity contribution in [1.29, 1.82) is 0 Å². The Balaban J connectivity index is 1.65. The van der Waals surface area contributed by atoms with Crippen LogP contribution in [0.4, 0.5) is 0 Å². The van der Waals surface area contributed by atoms with Gasteiger partial charge in [-0.05, 0) is 43.3 Å². The number of nitrogens with one attached hydrogen (secondary N) is 1. The van der Waals surface area contributed by atoms with E-state index >= 15 is 0 Å². The molecule has 1 unspecified atom stereocenters. The molecule has 1 aliphatic rings. The van der Waals surface area contributed by atoms with Gasteiger partial charge in [-0.3, -0.25) is 4.79 Å². The Bertz CT molecular complexity index is 1150. The number of carbonyl (C=O) groups excluding carboxylic acids is 1. The maximum atomic E-state index is 13.0. The highest BCUT2D eigenvalue weighted by Crippen LogP contribution is 2.28. The van der Waals surface area contributed by atoms with Crippen LogP contribution in [-0.4, -0.2) is 30.3 Å². The summed E-state index contributed by atoms with van der Waals surface area (Å²) in [7, 11) is 0. The third kappa shape index (κ3) is 4.20. The number of hydrogen-bond donors (Lipinski definition) is 2. The highest BCUT2D eigenvalue weighted by Gasteiger charge is 2.31. The molecule has 4 rings (SSSR count). The molecule has 31 heavy (non-hydrogen) atoms. The van der Waals surface area contributed by atoms with Gasteiger partial charge in [0.05, 0.1) is 30.1 Å². The lowest BCUT2D eigenvalue weighted by molar-refractivity contribution is -0.919. The number of aliphatic carboxylic acids is 1. The zero-order valence-electron chi connectivity index (χ0n) is 17.1. The number of rotatable bonds is 7. The number of quaternary nitrogens is 1. The van der Waals surface area contributed by atoms with E-state index in [0.717, 1.165) is 11.3 Å². The van der Waals surface area contributed by atoms with E-state index in [9.17, 15) is 19.8 Å². The maximum Gasteiger partial charge on any atom is 0.235 e. The number of fused-ring (bicyclic) bond motifs is 1. The van der Waals surface area contributed by atoms with Gasteiger partial charge < -0.3 is 33.8 Å². The number of phenolic OH excluding ortho intramolecular Hbond substituents is 1. The minimum absolute atomic E-state index is 0.00873. The van der Waals surface area contributed by atoms with Crippen LogP contribution in [0.5, 0.6) is 23.0 Å². The summed E-state index contributed by atoms with van der Waals surface area (Å²) in [6.45, 7) is 3.29. The van der Waals surface area contributed by atoms with Crippen LogP contribution >= 0.6 is 0 Å². The minimum Gasteiger partial charge on any atom is -0.544 e. The third-order valence-corrected chi connectivity index (χ3v) is 5.52. The Labute approximate surface area is 178 Å². The second kappa shape index (κ2) is 8.69. The van der Waals surface area contributed by atoms with Crippen molar-refractivity contribution in [2.24, 2.45) is 0 Å². The van der Waals surface area contributed by atoms with Crippen LogP contribution in [0.25, 0.3) is 11.0 Å². The number of phenols is 1. The van der Waals surface area contributed by atoms with E-state index in [2.05, 4.69) is 0 Å². The van der Waals surface area contributed by atoms with Gasteiger partial charge in [-0.25, -0.2) is 0 Å². The maximum absolute atomic E-state index is 13.0. The van der Waals surface area contributed by atoms with Gasteiger partial charge in [0.1, 0.15) is 36.1 Å². The summed E-state index contributed by atoms with van der Waals surface area (Å²) >= 11 is 0. The predicted octanol–water partition coefficient (Wildman–Crippen LogP) is 0.987. The van der Waals surface area contributed by atoms with Crippen LogP contribution in [0.15, 0.2) is 51.9 Å². The lowest BCUT2D eigenvalue weighted by Crippen LogP contribution is -3.14. The molecule has 0 amide bonds. The van der Waals surface area contributed by atoms with Gasteiger partial charge in [-0.1, -0.05) is 0 Å². The molecule has 2 heterocycles. The van der Waals surface area contributed by atoms with Gasteiger partial charge in [-0.15, -0.1) is 0 Å². The van der Waals surface area contributed by atoms with Crippen molar-refractivity contribution in [2.75, 3.05) is 13.2 Å². The van der Waals surface area contributed by atoms with Crippen molar-refractivity contribution in [2.45, 2.75) is 32.4 Å². The topological polar surface area (TPSA) is 113 Å². The quantitative estimate of drug-likeness (QED) is 0.580. The standard InChI is InChI=1S/C23H23NO7/c1-2-29-14-5-7-15(8-6-14)31-20-13-30-22-16(21(20)26)9-10-19(25)17(22)12-24-11-3-4-18(24)23(27)28/h5-10,13,18,25H,2-4,11-12H2,1H3,(H,27,28)/t18-/m1/s1. The number of carbonyl (C=O) groups is 1. The summed E-state index contributed by atoms with van der Waals surface area (Å²) in [5, 5.41) is 22.0. The van der Waals surface area contributed by atoms with Crippen molar-refractivity contribution in [1.82, 2.24) is 0 Å². The van der Waals surface area contributed by atoms with E-state index in [1.165, 1.54) is 18.4 Å². The molecule has 0 aliphatic carbocycles. The first-order valence-corrected chi connectivity index (χ1v) is 10.2. The molecule has 162 valence electrons. The van der Waals surface area contributed by atoms with E-state index in [1.54, 1.807) is 24.3 Å².